The average Bonchev–Trinajstić information content (AvgIpc) is 3.78. The molecule has 0 bridgehead atoms. The van der Waals surface area contributed by atoms with E-state index in [1.54, 1.807) is 22.3 Å². The SMILES string of the molecule is CC1(C)c2ccccc2-c2cc3c(cc21)C1=C(CCC=C1C1C=CC=C(C2N=C(c4ccccc4)C4=C(N2)OC2=CC=CCC24)C1)C31CCCCC1. The Bertz CT molecular complexity index is 2310. The van der Waals surface area contributed by atoms with Crippen molar-refractivity contribution in [1.29, 1.82) is 0 Å². The van der Waals surface area contributed by atoms with Crippen LogP contribution in [0.3, 0.4) is 0 Å². The van der Waals surface area contributed by atoms with E-state index in [9.17, 15) is 0 Å². The number of fused-ring (bicyclic) bond motifs is 9. The maximum Gasteiger partial charge on any atom is 0.201 e. The van der Waals surface area contributed by atoms with E-state index < -0.39 is 0 Å². The molecule has 0 aromatic heterocycles. The van der Waals surface area contributed by atoms with Gasteiger partial charge in [0.15, 0.2) is 0 Å². The third kappa shape index (κ3) is 4.29. The maximum absolute atomic E-state index is 6.55. The van der Waals surface area contributed by atoms with Crippen molar-refractivity contribution < 1.29 is 4.74 Å². The van der Waals surface area contributed by atoms with Crippen LogP contribution in [-0.4, -0.2) is 11.9 Å². The number of ether oxygens (including phenoxy) is 1. The van der Waals surface area contributed by atoms with Crippen molar-refractivity contribution in [1.82, 2.24) is 5.32 Å². The smallest absolute Gasteiger partial charge is 0.201 e. The minimum atomic E-state index is -0.170. The lowest BCUT2D eigenvalue weighted by molar-refractivity contribution is 0.269. The molecule has 8 aliphatic rings. The van der Waals surface area contributed by atoms with E-state index in [0.29, 0.717) is 5.92 Å². The van der Waals surface area contributed by atoms with Crippen LogP contribution in [-0.2, 0) is 15.6 Å². The fraction of sp³-hybridized carbons (Fsp3) is 0.327. The molecule has 3 heteroatoms. The quantitative estimate of drug-likeness (QED) is 0.299. The summed E-state index contributed by atoms with van der Waals surface area (Å²) in [6.07, 6.45) is 26.8. The first-order valence-corrected chi connectivity index (χ1v) is 19.8. The molecule has 1 fully saturated rings. The van der Waals surface area contributed by atoms with Crippen LogP contribution in [0.15, 0.2) is 148 Å². The Kier molecular flexibility index (Phi) is 6.68. The minimum Gasteiger partial charge on any atom is -0.445 e. The maximum atomic E-state index is 6.55. The predicted octanol–water partition coefficient (Wildman–Crippen LogP) is 11.3. The number of hydrogen-bond donors (Lipinski definition) is 1. The summed E-state index contributed by atoms with van der Waals surface area (Å²) in [6.45, 7) is 4.86. The van der Waals surface area contributed by atoms with Crippen molar-refractivity contribution in [3.8, 4) is 11.1 Å². The first kappa shape index (κ1) is 30.7. The summed E-state index contributed by atoms with van der Waals surface area (Å²) < 4.78 is 6.55. The third-order valence-corrected chi connectivity index (χ3v) is 13.8. The van der Waals surface area contributed by atoms with Gasteiger partial charge in [0.25, 0.3) is 0 Å². The number of benzene rings is 3. The van der Waals surface area contributed by atoms with Crippen molar-refractivity contribution in [3.05, 3.63) is 171 Å². The van der Waals surface area contributed by atoms with E-state index in [-0.39, 0.29) is 22.9 Å². The molecule has 0 saturated heterocycles. The molecule has 6 aliphatic carbocycles. The number of nitrogens with one attached hydrogen (secondary N) is 1. The van der Waals surface area contributed by atoms with Gasteiger partial charge in [0.05, 0.1) is 11.6 Å². The van der Waals surface area contributed by atoms with Gasteiger partial charge in [-0.05, 0) is 107 Å². The number of allylic oxidation sites excluding steroid dienone is 11. The van der Waals surface area contributed by atoms with Crippen molar-refractivity contribution in [2.24, 2.45) is 16.8 Å². The molecule has 258 valence electrons. The van der Waals surface area contributed by atoms with E-state index in [4.69, 9.17) is 9.73 Å². The molecule has 52 heavy (non-hydrogen) atoms. The molecule has 1 saturated carbocycles. The fourth-order valence-electron chi connectivity index (χ4n) is 11.3. The van der Waals surface area contributed by atoms with Gasteiger partial charge in [0.2, 0.25) is 5.88 Å². The zero-order valence-corrected chi connectivity index (χ0v) is 30.3. The van der Waals surface area contributed by atoms with E-state index in [1.807, 2.05) is 0 Å². The molecule has 2 heterocycles. The normalized spacial score (nSPS) is 26.9. The molecule has 2 aliphatic heterocycles. The molecule has 0 amide bonds. The molecule has 1 spiro atoms. The second kappa shape index (κ2) is 11.3. The molecule has 11 rings (SSSR count). The Hall–Kier alpha value is -4.89. The van der Waals surface area contributed by atoms with Gasteiger partial charge in [-0.15, -0.1) is 0 Å². The standard InChI is InChI=1S/C49H46N2O/c1-48(2)38-22-9-7-19-34(38)36-28-41-37(29-40(36)48)43-33(21-14-23-39(43)49(41)25-11-4-12-26-49)31-17-13-18-32(27-31)46-50-45(30-15-5-3-6-16-30)44-35-20-8-10-24-42(35)52-47(44)51-46/h3,5-10,13,15-19,21-22,24,28-29,31,35,46,51H,4,11-12,14,20,23,25-27H2,1-2H3. The predicted molar refractivity (Wildman–Crippen MR) is 212 cm³/mol. The third-order valence-electron chi connectivity index (χ3n) is 13.8. The summed E-state index contributed by atoms with van der Waals surface area (Å²) in [4.78, 5) is 5.52. The van der Waals surface area contributed by atoms with Crippen LogP contribution >= 0.6 is 0 Å². The second-order valence-corrected chi connectivity index (χ2v) is 16.8. The average molecular weight is 679 g/mol. The molecule has 3 nitrogen and oxygen atoms in total. The highest BCUT2D eigenvalue weighted by molar-refractivity contribution is 6.14. The van der Waals surface area contributed by atoms with Gasteiger partial charge in [-0.1, -0.05) is 130 Å². The van der Waals surface area contributed by atoms with Gasteiger partial charge in [-0.25, -0.2) is 0 Å². The zero-order valence-electron chi connectivity index (χ0n) is 30.3. The van der Waals surface area contributed by atoms with Crippen LogP contribution in [0.1, 0.15) is 99.5 Å². The topological polar surface area (TPSA) is 33.6 Å². The van der Waals surface area contributed by atoms with Gasteiger partial charge in [0, 0.05) is 27.9 Å². The largest absolute Gasteiger partial charge is 0.445 e. The lowest BCUT2D eigenvalue weighted by Gasteiger charge is -2.39. The van der Waals surface area contributed by atoms with Crippen LogP contribution in [0, 0.1) is 11.8 Å². The van der Waals surface area contributed by atoms with Crippen LogP contribution in [0.5, 0.6) is 0 Å². The number of rotatable bonds is 3. The van der Waals surface area contributed by atoms with E-state index in [0.717, 1.165) is 42.2 Å². The fourth-order valence-corrected chi connectivity index (χ4v) is 11.3. The summed E-state index contributed by atoms with van der Waals surface area (Å²) in [7, 11) is 0. The number of nitrogens with zero attached hydrogens (tertiary/aromatic N) is 1. The highest BCUT2D eigenvalue weighted by Crippen LogP contribution is 2.62. The molecule has 3 atom stereocenters. The molecule has 1 N–H and O–H groups in total. The van der Waals surface area contributed by atoms with Crippen molar-refractivity contribution in [2.45, 2.75) is 88.6 Å². The minimum absolute atomic E-state index is 0.0101. The lowest BCUT2D eigenvalue weighted by Crippen LogP contribution is -2.36. The number of aliphatic imine (C=N–C) groups is 1. The van der Waals surface area contributed by atoms with E-state index in [1.165, 1.54) is 77.5 Å². The molecule has 3 aromatic rings. The summed E-state index contributed by atoms with van der Waals surface area (Å²) in [5.74, 6) is 2.43. The van der Waals surface area contributed by atoms with Crippen molar-refractivity contribution in [2.75, 3.05) is 0 Å². The number of hydrogen-bond acceptors (Lipinski definition) is 3. The van der Waals surface area contributed by atoms with Gasteiger partial charge in [-0.3, -0.25) is 4.99 Å². The van der Waals surface area contributed by atoms with Crippen LogP contribution in [0.4, 0.5) is 0 Å². The van der Waals surface area contributed by atoms with Crippen LogP contribution in [0.25, 0.3) is 16.7 Å². The first-order chi connectivity index (χ1) is 25.5. The van der Waals surface area contributed by atoms with Crippen molar-refractivity contribution >= 4 is 11.3 Å². The Morgan fingerprint density at radius 2 is 1.65 bits per heavy atom. The molecule has 3 unspecified atom stereocenters. The first-order valence-electron chi connectivity index (χ1n) is 19.8. The summed E-state index contributed by atoms with van der Waals surface area (Å²) in [5.41, 5.74) is 18.8. The summed E-state index contributed by atoms with van der Waals surface area (Å²) in [6, 6.07) is 25.2. The lowest BCUT2D eigenvalue weighted by atomic mass is 9.65. The van der Waals surface area contributed by atoms with E-state index in [2.05, 4.69) is 128 Å². The van der Waals surface area contributed by atoms with Gasteiger partial charge in [0.1, 0.15) is 11.9 Å². The Morgan fingerprint density at radius 1 is 0.827 bits per heavy atom. The molecular formula is C49H46N2O. The van der Waals surface area contributed by atoms with Gasteiger partial charge < -0.3 is 10.1 Å². The summed E-state index contributed by atoms with van der Waals surface area (Å²) >= 11 is 0. The Labute approximate surface area is 308 Å². The van der Waals surface area contributed by atoms with Crippen LogP contribution in [0.2, 0.25) is 0 Å². The highest BCUT2D eigenvalue weighted by Gasteiger charge is 2.49. The molecule has 0 radical (unpaired) electrons. The van der Waals surface area contributed by atoms with Gasteiger partial charge >= 0.3 is 0 Å². The second-order valence-electron chi connectivity index (χ2n) is 16.8. The molecule has 3 aromatic carbocycles. The molecular weight excluding hydrogens is 633 g/mol. The Balaban J connectivity index is 0.977. The monoisotopic (exact) mass is 678 g/mol. The zero-order chi connectivity index (χ0) is 34.6. The van der Waals surface area contributed by atoms with Crippen LogP contribution < -0.4 is 5.32 Å². The van der Waals surface area contributed by atoms with E-state index >= 15 is 0 Å². The summed E-state index contributed by atoms with van der Waals surface area (Å²) in [5, 5.41) is 3.79. The van der Waals surface area contributed by atoms with Gasteiger partial charge in [-0.2, -0.15) is 0 Å². The van der Waals surface area contributed by atoms with Crippen molar-refractivity contribution in [3.63, 3.8) is 0 Å². The highest BCUT2D eigenvalue weighted by atomic mass is 16.5. The Morgan fingerprint density at radius 3 is 2.54 bits per heavy atom.